The summed E-state index contributed by atoms with van der Waals surface area (Å²) in [7, 11) is -2.79. The molecule has 0 aliphatic rings. The fraction of sp³-hybridized carbons (Fsp3) is 0.0526. The lowest BCUT2D eigenvalue weighted by Gasteiger charge is -2.14. The van der Waals surface area contributed by atoms with Gasteiger partial charge in [-0.05, 0) is 48.5 Å². The van der Waals surface area contributed by atoms with Gasteiger partial charge in [-0.1, -0.05) is 29.3 Å². The van der Waals surface area contributed by atoms with Crippen molar-refractivity contribution in [1.29, 1.82) is 0 Å². The Balaban J connectivity index is 1.93. The molecule has 29 heavy (non-hydrogen) atoms. The molecule has 0 aliphatic carbocycles. The van der Waals surface area contributed by atoms with Crippen molar-refractivity contribution in [2.45, 2.75) is 4.90 Å². The summed E-state index contributed by atoms with van der Waals surface area (Å²) in [5.74, 6) is -0.500. The van der Waals surface area contributed by atoms with Crippen molar-refractivity contribution < 1.29 is 17.9 Å². The van der Waals surface area contributed by atoms with Gasteiger partial charge in [0.15, 0.2) is 5.82 Å². The summed E-state index contributed by atoms with van der Waals surface area (Å²) in [6.45, 7) is 0. The molecule has 0 bridgehead atoms. The molecule has 10 heteroatoms. The molecule has 7 nitrogen and oxygen atoms in total. The van der Waals surface area contributed by atoms with Gasteiger partial charge in [-0.25, -0.2) is 18.2 Å². The number of benzene rings is 2. The first-order valence-corrected chi connectivity index (χ1v) is 10.4. The van der Waals surface area contributed by atoms with Gasteiger partial charge in [-0.3, -0.25) is 4.72 Å². The van der Waals surface area contributed by atoms with Crippen molar-refractivity contribution in [2.24, 2.45) is 0 Å². The molecule has 0 spiro atoms. The van der Waals surface area contributed by atoms with Crippen molar-refractivity contribution >= 4 is 56.4 Å². The number of methoxy groups -OCH3 is 1. The van der Waals surface area contributed by atoms with Gasteiger partial charge in [0, 0.05) is 16.9 Å². The second-order valence-corrected chi connectivity index (χ2v) is 8.27. The Kier molecular flexibility index (Phi) is 6.26. The number of halogens is 2. The molecule has 0 saturated carbocycles. The molecule has 3 rings (SSSR count). The normalized spacial score (nSPS) is 11.0. The maximum absolute atomic E-state index is 12.9. The number of pyridine rings is 1. The minimum Gasteiger partial charge on any atom is -0.465 e. The molecule has 0 unspecified atom stereocenters. The van der Waals surface area contributed by atoms with Crippen LogP contribution in [0.2, 0.25) is 10.0 Å². The zero-order valence-electron chi connectivity index (χ0n) is 15.0. The summed E-state index contributed by atoms with van der Waals surface area (Å²) >= 11 is 12.0. The summed E-state index contributed by atoms with van der Waals surface area (Å²) in [5.41, 5.74) is 0.858. The van der Waals surface area contributed by atoms with Crippen LogP contribution in [-0.4, -0.2) is 26.5 Å². The van der Waals surface area contributed by atoms with Gasteiger partial charge < -0.3 is 10.1 Å². The third-order valence-corrected chi connectivity index (χ3v) is 5.74. The fourth-order valence-electron chi connectivity index (χ4n) is 2.46. The first-order chi connectivity index (χ1) is 13.8. The maximum atomic E-state index is 12.9. The molecule has 1 aromatic heterocycles. The van der Waals surface area contributed by atoms with Gasteiger partial charge in [0.2, 0.25) is 0 Å². The van der Waals surface area contributed by atoms with Crippen LogP contribution in [0.3, 0.4) is 0 Å². The van der Waals surface area contributed by atoms with Gasteiger partial charge >= 0.3 is 5.97 Å². The largest absolute Gasteiger partial charge is 0.465 e. The minimum absolute atomic E-state index is 0.0772. The van der Waals surface area contributed by atoms with E-state index < -0.39 is 16.0 Å². The highest BCUT2D eigenvalue weighted by atomic mass is 35.5. The smallest absolute Gasteiger partial charge is 0.337 e. The molecule has 2 N–H and O–H groups in total. The Bertz CT molecular complexity index is 1170. The maximum Gasteiger partial charge on any atom is 0.337 e. The van der Waals surface area contributed by atoms with Crippen LogP contribution in [0.25, 0.3) is 0 Å². The number of hydrogen-bond acceptors (Lipinski definition) is 6. The van der Waals surface area contributed by atoms with Crippen molar-refractivity contribution in [1.82, 2.24) is 4.98 Å². The SMILES string of the molecule is COC(=O)c1cccc(NS(=O)(=O)c2cccnc2Nc2ccc(Cl)cc2Cl)c1. The van der Waals surface area contributed by atoms with Gasteiger partial charge in [0.05, 0.1) is 23.4 Å². The Morgan fingerprint density at radius 2 is 1.86 bits per heavy atom. The van der Waals surface area contributed by atoms with E-state index in [1.54, 1.807) is 18.2 Å². The number of rotatable bonds is 6. The van der Waals surface area contributed by atoms with Crippen LogP contribution in [0, 0.1) is 0 Å². The zero-order chi connectivity index (χ0) is 21.0. The van der Waals surface area contributed by atoms with E-state index in [9.17, 15) is 13.2 Å². The van der Waals surface area contributed by atoms with E-state index in [0.717, 1.165) is 0 Å². The molecule has 0 atom stereocenters. The average molecular weight is 452 g/mol. The average Bonchev–Trinajstić information content (AvgIpc) is 2.69. The van der Waals surface area contributed by atoms with Crippen LogP contribution < -0.4 is 10.0 Å². The van der Waals surface area contributed by atoms with Crippen molar-refractivity contribution in [3.8, 4) is 0 Å². The van der Waals surface area contributed by atoms with E-state index in [-0.39, 0.29) is 22.0 Å². The van der Waals surface area contributed by atoms with E-state index >= 15 is 0 Å². The Morgan fingerprint density at radius 1 is 1.07 bits per heavy atom. The number of nitrogens with one attached hydrogen (secondary N) is 2. The summed E-state index contributed by atoms with van der Waals surface area (Å²) in [6.07, 6.45) is 1.45. The second-order valence-electron chi connectivity index (χ2n) is 5.78. The molecule has 0 saturated heterocycles. The number of ether oxygens (including phenoxy) is 1. The highest BCUT2D eigenvalue weighted by Crippen LogP contribution is 2.30. The van der Waals surface area contributed by atoms with Crippen LogP contribution in [0.1, 0.15) is 10.4 Å². The quantitative estimate of drug-likeness (QED) is 0.526. The number of anilines is 3. The first-order valence-electron chi connectivity index (χ1n) is 8.18. The molecule has 1 heterocycles. The van der Waals surface area contributed by atoms with Crippen LogP contribution in [0.4, 0.5) is 17.2 Å². The number of sulfonamides is 1. The van der Waals surface area contributed by atoms with Gasteiger partial charge in [-0.15, -0.1) is 0 Å². The van der Waals surface area contributed by atoms with Gasteiger partial charge in [-0.2, -0.15) is 0 Å². The molecular formula is C19H15Cl2N3O4S. The summed E-state index contributed by atoms with van der Waals surface area (Å²) in [4.78, 5) is 15.7. The summed E-state index contributed by atoms with van der Waals surface area (Å²) < 4.78 is 33.0. The molecule has 0 fully saturated rings. The third kappa shape index (κ3) is 4.97. The van der Waals surface area contributed by atoms with Crippen LogP contribution in [0.5, 0.6) is 0 Å². The van der Waals surface area contributed by atoms with Crippen LogP contribution >= 0.6 is 23.2 Å². The Morgan fingerprint density at radius 3 is 2.59 bits per heavy atom. The lowest BCUT2D eigenvalue weighted by atomic mass is 10.2. The van der Waals surface area contributed by atoms with Crippen molar-refractivity contribution in [3.63, 3.8) is 0 Å². The van der Waals surface area contributed by atoms with E-state index in [4.69, 9.17) is 23.2 Å². The number of aromatic nitrogens is 1. The van der Waals surface area contributed by atoms with Crippen molar-refractivity contribution in [2.75, 3.05) is 17.1 Å². The summed E-state index contributed by atoms with van der Waals surface area (Å²) in [6, 6.07) is 13.6. The molecule has 3 aromatic rings. The first kappa shape index (κ1) is 20.9. The highest BCUT2D eigenvalue weighted by molar-refractivity contribution is 7.92. The molecule has 0 amide bonds. The van der Waals surface area contributed by atoms with E-state index in [0.29, 0.717) is 15.7 Å². The molecule has 2 aromatic carbocycles. The van der Waals surface area contributed by atoms with Gasteiger partial charge in [0.1, 0.15) is 4.90 Å². The van der Waals surface area contributed by atoms with E-state index in [1.165, 1.54) is 49.7 Å². The second kappa shape index (κ2) is 8.69. The predicted octanol–water partition coefficient (Wildman–Crippen LogP) is 4.72. The zero-order valence-corrected chi connectivity index (χ0v) is 17.3. The van der Waals surface area contributed by atoms with E-state index in [1.807, 2.05) is 0 Å². The Hall–Kier alpha value is -2.81. The fourth-order valence-corrected chi connectivity index (χ4v) is 4.08. The van der Waals surface area contributed by atoms with E-state index in [2.05, 4.69) is 19.8 Å². The number of nitrogens with zero attached hydrogens (tertiary/aromatic N) is 1. The number of carbonyl (C=O) groups is 1. The third-order valence-electron chi connectivity index (χ3n) is 3.78. The number of hydrogen-bond donors (Lipinski definition) is 2. The predicted molar refractivity (Wildman–Crippen MR) is 113 cm³/mol. The Labute approximate surface area is 177 Å². The minimum atomic E-state index is -4.03. The van der Waals surface area contributed by atoms with Gasteiger partial charge in [0.25, 0.3) is 10.0 Å². The highest BCUT2D eigenvalue weighted by Gasteiger charge is 2.21. The van der Waals surface area contributed by atoms with Crippen LogP contribution in [-0.2, 0) is 14.8 Å². The van der Waals surface area contributed by atoms with Crippen molar-refractivity contribution in [3.05, 3.63) is 76.4 Å². The molecule has 150 valence electrons. The topological polar surface area (TPSA) is 97.4 Å². The number of esters is 1. The molecule has 0 radical (unpaired) electrons. The monoisotopic (exact) mass is 451 g/mol. The summed E-state index contributed by atoms with van der Waals surface area (Å²) in [5, 5.41) is 3.66. The molecular weight excluding hydrogens is 437 g/mol. The molecule has 0 aliphatic heterocycles. The number of carbonyl (C=O) groups excluding carboxylic acids is 1. The lowest BCUT2D eigenvalue weighted by molar-refractivity contribution is 0.0601. The van der Waals surface area contributed by atoms with Crippen LogP contribution in [0.15, 0.2) is 65.7 Å². The standard InChI is InChI=1S/C19H15Cl2N3O4S/c1-28-19(25)12-4-2-5-14(10-12)24-29(26,27)17-6-3-9-22-18(17)23-16-8-7-13(20)11-15(16)21/h2-11,24H,1H3,(H,22,23). The lowest BCUT2D eigenvalue weighted by Crippen LogP contribution is -2.16.